The standard InChI is InChI=1S/C16H19N9O/c1-22(2)13-5-4-12(18-20-13)16(26)23(3)11-8-24(9-11)15-7-6-14-19-17-10-25(14)21-15/h4-7,10-11H,8-9H2,1-3H3. The van der Waals surface area contributed by atoms with Crippen LogP contribution >= 0.6 is 0 Å². The van der Waals surface area contributed by atoms with Crippen LogP contribution in [0.5, 0.6) is 0 Å². The van der Waals surface area contributed by atoms with Crippen molar-refractivity contribution in [3.63, 3.8) is 0 Å². The number of carbonyl (C=O) groups is 1. The summed E-state index contributed by atoms with van der Waals surface area (Å²) in [7, 11) is 5.56. The lowest BCUT2D eigenvalue weighted by molar-refractivity contribution is 0.0698. The molecule has 0 bridgehead atoms. The van der Waals surface area contributed by atoms with Crippen LogP contribution in [0.25, 0.3) is 5.65 Å². The van der Waals surface area contributed by atoms with Crippen molar-refractivity contribution in [2.24, 2.45) is 0 Å². The number of aromatic nitrogens is 6. The SMILES string of the molecule is CN(C)c1ccc(C(=O)N(C)C2CN(c3ccc4nncn4n3)C2)nn1. The molecule has 1 fully saturated rings. The molecular weight excluding hydrogens is 334 g/mol. The van der Waals surface area contributed by atoms with Gasteiger partial charge in [0, 0.05) is 34.2 Å². The van der Waals surface area contributed by atoms with Crippen LogP contribution in [0.3, 0.4) is 0 Å². The molecule has 0 aromatic carbocycles. The van der Waals surface area contributed by atoms with Crippen molar-refractivity contribution < 1.29 is 4.79 Å². The number of hydrogen-bond acceptors (Lipinski definition) is 8. The van der Waals surface area contributed by atoms with E-state index in [1.807, 2.05) is 31.1 Å². The van der Waals surface area contributed by atoms with Crippen LogP contribution in [0.4, 0.5) is 11.6 Å². The maximum atomic E-state index is 12.6. The Kier molecular flexibility index (Phi) is 3.86. The number of carbonyl (C=O) groups excluding carboxylic acids is 1. The lowest BCUT2D eigenvalue weighted by Crippen LogP contribution is -2.60. The second-order valence-electron chi connectivity index (χ2n) is 6.47. The van der Waals surface area contributed by atoms with Gasteiger partial charge in [-0.1, -0.05) is 0 Å². The van der Waals surface area contributed by atoms with E-state index in [9.17, 15) is 4.79 Å². The number of hydrogen-bond donors (Lipinski definition) is 0. The number of nitrogens with zero attached hydrogens (tertiary/aromatic N) is 9. The summed E-state index contributed by atoms with van der Waals surface area (Å²) in [6.45, 7) is 1.43. The van der Waals surface area contributed by atoms with Gasteiger partial charge in [-0.05, 0) is 24.3 Å². The molecule has 0 aliphatic carbocycles. The van der Waals surface area contributed by atoms with Gasteiger partial charge in [0.2, 0.25) is 0 Å². The Balaban J connectivity index is 1.40. The van der Waals surface area contributed by atoms with Crippen LogP contribution < -0.4 is 9.80 Å². The minimum absolute atomic E-state index is 0.108. The third kappa shape index (κ3) is 2.79. The van der Waals surface area contributed by atoms with Gasteiger partial charge in [-0.3, -0.25) is 4.79 Å². The average molecular weight is 353 g/mol. The van der Waals surface area contributed by atoms with Crippen LogP contribution in [0.15, 0.2) is 30.6 Å². The third-order valence-corrected chi connectivity index (χ3v) is 4.53. The Bertz CT molecular complexity index is 930. The molecule has 1 aliphatic rings. The summed E-state index contributed by atoms with van der Waals surface area (Å²) in [5, 5.41) is 20.3. The van der Waals surface area contributed by atoms with E-state index in [0.29, 0.717) is 24.4 Å². The van der Waals surface area contributed by atoms with Gasteiger partial charge in [-0.15, -0.1) is 25.5 Å². The van der Waals surface area contributed by atoms with Crippen molar-refractivity contribution >= 4 is 23.2 Å². The van der Waals surface area contributed by atoms with Crippen molar-refractivity contribution in [3.8, 4) is 0 Å². The summed E-state index contributed by atoms with van der Waals surface area (Å²) in [5.74, 6) is 1.42. The molecule has 0 N–H and O–H groups in total. The molecule has 10 heteroatoms. The highest BCUT2D eigenvalue weighted by Gasteiger charge is 2.34. The fraction of sp³-hybridized carbons (Fsp3) is 0.375. The Morgan fingerprint density at radius 2 is 1.88 bits per heavy atom. The van der Waals surface area contributed by atoms with Crippen molar-refractivity contribution in [3.05, 3.63) is 36.3 Å². The molecule has 0 saturated carbocycles. The summed E-state index contributed by atoms with van der Waals surface area (Å²) in [4.78, 5) is 18.3. The second-order valence-corrected chi connectivity index (χ2v) is 6.47. The first-order valence-corrected chi connectivity index (χ1v) is 8.23. The van der Waals surface area contributed by atoms with Gasteiger partial charge >= 0.3 is 0 Å². The predicted octanol–water partition coefficient (Wildman–Crippen LogP) is -0.0589. The van der Waals surface area contributed by atoms with E-state index in [2.05, 4.69) is 30.4 Å². The van der Waals surface area contributed by atoms with Crippen LogP contribution in [-0.4, -0.2) is 81.1 Å². The van der Waals surface area contributed by atoms with E-state index in [1.54, 1.807) is 34.9 Å². The molecular formula is C16H19N9O. The van der Waals surface area contributed by atoms with E-state index in [0.717, 1.165) is 11.6 Å². The van der Waals surface area contributed by atoms with Gasteiger partial charge in [0.1, 0.15) is 12.1 Å². The molecule has 3 aromatic rings. The minimum atomic E-state index is -0.130. The molecule has 0 atom stereocenters. The molecule has 0 radical (unpaired) electrons. The van der Waals surface area contributed by atoms with Gasteiger partial charge in [0.25, 0.3) is 5.91 Å². The number of likely N-dealkylation sites (N-methyl/N-ethyl adjacent to an activating group) is 1. The molecule has 10 nitrogen and oxygen atoms in total. The van der Waals surface area contributed by atoms with Crippen molar-refractivity contribution in [1.29, 1.82) is 0 Å². The van der Waals surface area contributed by atoms with Crippen LogP contribution in [-0.2, 0) is 0 Å². The highest BCUT2D eigenvalue weighted by molar-refractivity contribution is 5.92. The molecule has 1 amide bonds. The van der Waals surface area contributed by atoms with Gasteiger partial charge < -0.3 is 14.7 Å². The summed E-state index contributed by atoms with van der Waals surface area (Å²) in [6, 6.07) is 7.39. The van der Waals surface area contributed by atoms with E-state index in [1.165, 1.54) is 0 Å². The van der Waals surface area contributed by atoms with Crippen molar-refractivity contribution in [1.82, 2.24) is 34.9 Å². The summed E-state index contributed by atoms with van der Waals surface area (Å²) in [6.07, 6.45) is 1.57. The fourth-order valence-electron chi connectivity index (χ4n) is 2.80. The maximum Gasteiger partial charge on any atom is 0.274 e. The minimum Gasteiger partial charge on any atom is -0.361 e. The van der Waals surface area contributed by atoms with E-state index >= 15 is 0 Å². The highest BCUT2D eigenvalue weighted by Crippen LogP contribution is 2.22. The fourth-order valence-corrected chi connectivity index (χ4v) is 2.80. The van der Waals surface area contributed by atoms with E-state index in [-0.39, 0.29) is 11.9 Å². The second kappa shape index (κ2) is 6.21. The number of amides is 1. The van der Waals surface area contributed by atoms with Crippen LogP contribution in [0.2, 0.25) is 0 Å². The van der Waals surface area contributed by atoms with Crippen LogP contribution in [0, 0.1) is 0 Å². The number of rotatable bonds is 4. The molecule has 3 aromatic heterocycles. The quantitative estimate of drug-likeness (QED) is 0.644. The third-order valence-electron chi connectivity index (χ3n) is 4.53. The summed E-state index contributed by atoms with van der Waals surface area (Å²) < 4.78 is 1.64. The summed E-state index contributed by atoms with van der Waals surface area (Å²) >= 11 is 0. The maximum absolute atomic E-state index is 12.6. The lowest BCUT2D eigenvalue weighted by atomic mass is 10.1. The van der Waals surface area contributed by atoms with Crippen molar-refractivity contribution in [2.45, 2.75) is 6.04 Å². The zero-order valence-electron chi connectivity index (χ0n) is 14.8. The Morgan fingerprint density at radius 3 is 2.58 bits per heavy atom. The predicted molar refractivity (Wildman–Crippen MR) is 95.2 cm³/mol. The first-order chi connectivity index (χ1) is 12.5. The molecule has 0 unspecified atom stereocenters. The first-order valence-electron chi connectivity index (χ1n) is 8.23. The topological polar surface area (TPSA) is 95.7 Å². The molecule has 1 aliphatic heterocycles. The van der Waals surface area contributed by atoms with Gasteiger partial charge in [0.15, 0.2) is 17.2 Å². The molecule has 4 heterocycles. The highest BCUT2D eigenvalue weighted by atomic mass is 16.2. The van der Waals surface area contributed by atoms with Crippen molar-refractivity contribution in [2.75, 3.05) is 44.0 Å². The van der Waals surface area contributed by atoms with E-state index in [4.69, 9.17) is 0 Å². The lowest BCUT2D eigenvalue weighted by Gasteiger charge is -2.44. The molecule has 1 saturated heterocycles. The Labute approximate surface area is 150 Å². The number of fused-ring (bicyclic) bond motifs is 1. The monoisotopic (exact) mass is 353 g/mol. The Hall–Kier alpha value is -3.30. The zero-order valence-corrected chi connectivity index (χ0v) is 14.8. The van der Waals surface area contributed by atoms with Gasteiger partial charge in [0.05, 0.1) is 6.04 Å². The normalized spacial score (nSPS) is 14.3. The van der Waals surface area contributed by atoms with E-state index < -0.39 is 0 Å². The van der Waals surface area contributed by atoms with Crippen LogP contribution in [0.1, 0.15) is 10.5 Å². The molecule has 26 heavy (non-hydrogen) atoms. The van der Waals surface area contributed by atoms with Gasteiger partial charge in [-0.2, -0.15) is 4.52 Å². The number of anilines is 2. The molecule has 4 rings (SSSR count). The molecule has 134 valence electrons. The largest absolute Gasteiger partial charge is 0.361 e. The zero-order chi connectivity index (χ0) is 18.3. The average Bonchev–Trinajstić information content (AvgIpc) is 3.07. The molecule has 0 spiro atoms. The Morgan fingerprint density at radius 1 is 1.08 bits per heavy atom. The first kappa shape index (κ1) is 16.2. The smallest absolute Gasteiger partial charge is 0.274 e. The summed E-state index contributed by atoms with van der Waals surface area (Å²) in [5.41, 5.74) is 1.05. The van der Waals surface area contributed by atoms with Gasteiger partial charge in [-0.25, -0.2) is 0 Å².